The van der Waals surface area contributed by atoms with Crippen molar-refractivity contribution in [1.29, 1.82) is 0 Å². The van der Waals surface area contributed by atoms with Gasteiger partial charge >= 0.3 is 5.97 Å². The number of aromatic amines is 2. The summed E-state index contributed by atoms with van der Waals surface area (Å²) in [5.74, 6) is -0.920. The van der Waals surface area contributed by atoms with E-state index in [0.717, 1.165) is 33.3 Å². The molecule has 11 nitrogen and oxygen atoms in total. The molecule has 11 heteroatoms. The van der Waals surface area contributed by atoms with E-state index in [0.29, 0.717) is 12.1 Å². The van der Waals surface area contributed by atoms with Gasteiger partial charge in [0.05, 0.1) is 23.3 Å². The van der Waals surface area contributed by atoms with Crippen molar-refractivity contribution in [2.45, 2.75) is 37.6 Å². The number of fused-ring (bicyclic) bond motifs is 3. The predicted molar refractivity (Wildman–Crippen MR) is 154 cm³/mol. The van der Waals surface area contributed by atoms with Gasteiger partial charge in [0.25, 0.3) is 5.69 Å². The van der Waals surface area contributed by atoms with E-state index in [-0.39, 0.29) is 24.6 Å². The molecule has 5 aromatic rings. The lowest BCUT2D eigenvalue weighted by atomic mass is 9.89. The Morgan fingerprint density at radius 2 is 1.81 bits per heavy atom. The number of hydrogen-bond acceptors (Lipinski definition) is 7. The molecule has 0 radical (unpaired) electrons. The highest BCUT2D eigenvalue weighted by Crippen LogP contribution is 2.35. The summed E-state index contributed by atoms with van der Waals surface area (Å²) in [6, 6.07) is 21.4. The molecular weight excluding hydrogens is 536 g/mol. The number of aromatic nitrogens is 3. The van der Waals surface area contributed by atoms with Crippen molar-refractivity contribution in [2.24, 2.45) is 0 Å². The first-order valence-electron chi connectivity index (χ1n) is 13.5. The average molecular weight is 565 g/mol. The zero-order chi connectivity index (χ0) is 29.1. The van der Waals surface area contributed by atoms with Crippen LogP contribution in [0.2, 0.25) is 0 Å². The fourth-order valence-electron chi connectivity index (χ4n) is 5.37. The number of non-ortho nitro benzene ring substituents is 1. The van der Waals surface area contributed by atoms with Crippen LogP contribution in [-0.4, -0.2) is 43.8 Å². The van der Waals surface area contributed by atoms with Gasteiger partial charge in [0.15, 0.2) is 0 Å². The third-order valence-corrected chi connectivity index (χ3v) is 7.47. The summed E-state index contributed by atoms with van der Waals surface area (Å²) in [5, 5.41) is 18.5. The van der Waals surface area contributed by atoms with Gasteiger partial charge in [0, 0.05) is 47.0 Å². The van der Waals surface area contributed by atoms with Crippen LogP contribution < -0.4 is 10.6 Å². The zero-order valence-electron chi connectivity index (χ0n) is 22.4. The second kappa shape index (κ2) is 11.7. The quantitative estimate of drug-likeness (QED) is 0.120. The number of hydrogen-bond donors (Lipinski definition) is 4. The van der Waals surface area contributed by atoms with Crippen molar-refractivity contribution in [3.8, 4) is 0 Å². The third kappa shape index (κ3) is 5.63. The van der Waals surface area contributed by atoms with E-state index in [1.165, 1.54) is 18.5 Å². The topological polar surface area (TPSA) is 155 Å². The lowest BCUT2D eigenvalue weighted by Crippen LogP contribution is -2.54. The molecule has 1 amide bonds. The van der Waals surface area contributed by atoms with Gasteiger partial charge in [-0.1, -0.05) is 60.7 Å². The number of para-hydroxylation sites is 1. The molecule has 2 aromatic heterocycles. The standard InChI is InChI=1S/C31H28N6O5/c38-30(36-27(14-21-16-32-18-33-21)31(39)42-17-19-6-2-1-3-7-19)26-15-24-23-8-4-5-9-25(23)34-29(24)28(35-26)20-10-12-22(13-11-20)37(40)41/h1-13,16,18,26-28,34-35H,14-15,17H2,(H,32,33)(H,36,38)/t26-,27-,28+/m0/s1. The third-order valence-electron chi connectivity index (χ3n) is 7.47. The molecule has 0 aliphatic carbocycles. The van der Waals surface area contributed by atoms with Crippen LogP contribution in [0.1, 0.15) is 34.1 Å². The minimum atomic E-state index is -0.953. The SMILES string of the molecule is O=C(N[C@@H](Cc1cnc[nH]1)C(=O)OCc1ccccc1)[C@@H]1Cc2c([nH]c3ccccc23)[C@@H](c2ccc([N+](=O)[O-])cc2)N1. The van der Waals surface area contributed by atoms with Gasteiger partial charge in [0.2, 0.25) is 5.91 Å². The van der Waals surface area contributed by atoms with Gasteiger partial charge < -0.3 is 20.0 Å². The van der Waals surface area contributed by atoms with Gasteiger partial charge in [-0.2, -0.15) is 0 Å². The Labute approximate surface area is 240 Å². The van der Waals surface area contributed by atoms with E-state index in [9.17, 15) is 19.7 Å². The monoisotopic (exact) mass is 564 g/mol. The van der Waals surface area contributed by atoms with Gasteiger partial charge in [-0.15, -0.1) is 0 Å². The molecular formula is C31H28N6O5. The second-order valence-electron chi connectivity index (χ2n) is 10.2. The molecule has 0 fully saturated rings. The van der Waals surface area contributed by atoms with Gasteiger partial charge in [-0.25, -0.2) is 9.78 Å². The average Bonchev–Trinajstić information content (AvgIpc) is 3.67. The van der Waals surface area contributed by atoms with Gasteiger partial charge in [0.1, 0.15) is 12.6 Å². The summed E-state index contributed by atoms with van der Waals surface area (Å²) >= 11 is 0. The number of ether oxygens (including phenoxy) is 1. The van der Waals surface area contributed by atoms with Crippen molar-refractivity contribution >= 4 is 28.5 Å². The van der Waals surface area contributed by atoms with Crippen molar-refractivity contribution in [1.82, 2.24) is 25.6 Å². The van der Waals surface area contributed by atoms with Crippen molar-refractivity contribution in [2.75, 3.05) is 0 Å². The Bertz CT molecular complexity index is 1720. The summed E-state index contributed by atoms with van der Waals surface area (Å²) in [6.07, 6.45) is 3.67. The van der Waals surface area contributed by atoms with Crippen LogP contribution in [0.5, 0.6) is 0 Å². The molecule has 212 valence electrons. The Morgan fingerprint density at radius 3 is 2.55 bits per heavy atom. The number of amides is 1. The van der Waals surface area contributed by atoms with E-state index in [2.05, 4.69) is 25.6 Å². The van der Waals surface area contributed by atoms with Crippen LogP contribution in [0, 0.1) is 10.1 Å². The van der Waals surface area contributed by atoms with E-state index < -0.39 is 29.0 Å². The van der Waals surface area contributed by atoms with Crippen LogP contribution >= 0.6 is 0 Å². The zero-order valence-corrected chi connectivity index (χ0v) is 22.4. The van der Waals surface area contributed by atoms with E-state index >= 15 is 0 Å². The van der Waals surface area contributed by atoms with E-state index in [4.69, 9.17) is 4.74 Å². The lowest BCUT2D eigenvalue weighted by Gasteiger charge is -2.32. The van der Waals surface area contributed by atoms with E-state index in [1.807, 2.05) is 54.6 Å². The van der Waals surface area contributed by atoms with Crippen LogP contribution in [0.15, 0.2) is 91.4 Å². The van der Waals surface area contributed by atoms with Crippen molar-refractivity contribution in [3.63, 3.8) is 0 Å². The Kier molecular flexibility index (Phi) is 7.48. The number of H-pyrrole nitrogens is 2. The molecule has 3 atom stereocenters. The molecule has 0 saturated carbocycles. The fraction of sp³-hybridized carbons (Fsp3) is 0.194. The summed E-state index contributed by atoms with van der Waals surface area (Å²) in [7, 11) is 0. The highest BCUT2D eigenvalue weighted by molar-refractivity contribution is 5.91. The van der Waals surface area contributed by atoms with E-state index in [1.54, 1.807) is 18.3 Å². The molecule has 1 aliphatic rings. The van der Waals surface area contributed by atoms with Crippen LogP contribution in [-0.2, 0) is 33.8 Å². The van der Waals surface area contributed by atoms with Crippen LogP contribution in [0.25, 0.3) is 10.9 Å². The Balaban J connectivity index is 1.26. The first-order valence-corrected chi connectivity index (χ1v) is 13.5. The maximum atomic E-state index is 13.8. The number of rotatable bonds is 9. The molecule has 3 aromatic carbocycles. The molecule has 0 saturated heterocycles. The molecule has 3 heterocycles. The number of nitrogens with one attached hydrogen (secondary N) is 4. The van der Waals surface area contributed by atoms with Gasteiger partial charge in [-0.3, -0.25) is 20.2 Å². The molecule has 42 heavy (non-hydrogen) atoms. The van der Waals surface area contributed by atoms with Gasteiger partial charge in [-0.05, 0) is 29.2 Å². The molecule has 1 aliphatic heterocycles. The predicted octanol–water partition coefficient (Wildman–Crippen LogP) is 3.87. The first-order chi connectivity index (χ1) is 20.5. The number of esters is 1. The fourth-order valence-corrected chi connectivity index (χ4v) is 5.37. The number of nitro benzene ring substituents is 1. The number of nitrogens with zero attached hydrogens (tertiary/aromatic N) is 2. The number of carbonyl (C=O) groups excluding carboxylic acids is 2. The summed E-state index contributed by atoms with van der Waals surface area (Å²) in [4.78, 5) is 48.3. The summed E-state index contributed by atoms with van der Waals surface area (Å²) in [5.41, 5.74) is 5.06. The maximum Gasteiger partial charge on any atom is 0.329 e. The Morgan fingerprint density at radius 1 is 1.05 bits per heavy atom. The van der Waals surface area contributed by atoms with Crippen molar-refractivity contribution < 1.29 is 19.2 Å². The summed E-state index contributed by atoms with van der Waals surface area (Å²) < 4.78 is 5.58. The molecule has 4 N–H and O–H groups in total. The Hall–Kier alpha value is -5.29. The minimum absolute atomic E-state index is 0.0172. The molecule has 0 unspecified atom stereocenters. The highest BCUT2D eigenvalue weighted by atomic mass is 16.6. The minimum Gasteiger partial charge on any atom is -0.459 e. The van der Waals surface area contributed by atoms with Crippen LogP contribution in [0.3, 0.4) is 0 Å². The summed E-state index contributed by atoms with van der Waals surface area (Å²) in [6.45, 7) is 0.0810. The second-order valence-corrected chi connectivity index (χ2v) is 10.2. The number of imidazole rings is 1. The highest BCUT2D eigenvalue weighted by Gasteiger charge is 2.36. The largest absolute Gasteiger partial charge is 0.459 e. The van der Waals surface area contributed by atoms with Crippen LogP contribution in [0.4, 0.5) is 5.69 Å². The molecule has 0 bridgehead atoms. The number of carbonyl (C=O) groups is 2. The number of nitro groups is 1. The molecule has 6 rings (SSSR count). The lowest BCUT2D eigenvalue weighted by molar-refractivity contribution is -0.384. The normalized spacial score (nSPS) is 16.9. The van der Waals surface area contributed by atoms with Crippen molar-refractivity contribution in [3.05, 3.63) is 130 Å². The smallest absolute Gasteiger partial charge is 0.329 e. The maximum absolute atomic E-state index is 13.8. The first kappa shape index (κ1) is 26.9. The molecule has 0 spiro atoms. The number of benzene rings is 3.